The molecule has 0 fully saturated rings. The molecule has 0 unspecified atom stereocenters. The maximum absolute atomic E-state index is 11.7. The van der Waals surface area contributed by atoms with Crippen LogP contribution in [0.4, 0.5) is 11.6 Å². The first-order valence-electron chi connectivity index (χ1n) is 7.67. The summed E-state index contributed by atoms with van der Waals surface area (Å²) in [5.74, 6) is 2.67. The van der Waals surface area contributed by atoms with Crippen molar-refractivity contribution >= 4 is 17.5 Å². The molecule has 0 atom stereocenters. The average Bonchev–Trinajstić information content (AvgIpc) is 2.48. The summed E-state index contributed by atoms with van der Waals surface area (Å²) >= 11 is 0. The van der Waals surface area contributed by atoms with E-state index in [9.17, 15) is 4.79 Å². The van der Waals surface area contributed by atoms with Gasteiger partial charge in [0.15, 0.2) is 0 Å². The van der Waals surface area contributed by atoms with E-state index >= 15 is 0 Å². The number of carbonyl (C=O) groups is 1. The van der Waals surface area contributed by atoms with Crippen molar-refractivity contribution in [3.8, 4) is 0 Å². The lowest BCUT2D eigenvalue weighted by atomic mass is 10.2. The fourth-order valence-corrected chi connectivity index (χ4v) is 1.64. The Kier molecular flexibility index (Phi) is 7.50. The molecule has 0 spiro atoms. The molecule has 0 saturated heterocycles. The van der Waals surface area contributed by atoms with Gasteiger partial charge in [0.25, 0.3) is 0 Å². The van der Waals surface area contributed by atoms with Gasteiger partial charge in [-0.2, -0.15) is 0 Å². The summed E-state index contributed by atoms with van der Waals surface area (Å²) in [6.45, 7) is 10.0. The normalized spacial score (nSPS) is 10.5. The van der Waals surface area contributed by atoms with E-state index in [2.05, 4.69) is 46.7 Å². The van der Waals surface area contributed by atoms with Gasteiger partial charge in [0, 0.05) is 25.6 Å². The van der Waals surface area contributed by atoms with Gasteiger partial charge in [0.1, 0.15) is 17.5 Å². The molecule has 118 valence electrons. The Balaban J connectivity index is 2.58. The summed E-state index contributed by atoms with van der Waals surface area (Å²) in [5.41, 5.74) is 0. The topological polar surface area (TPSA) is 78.9 Å². The molecule has 21 heavy (non-hydrogen) atoms. The largest absolute Gasteiger partial charge is 0.370 e. The van der Waals surface area contributed by atoms with Crippen molar-refractivity contribution in [2.75, 3.05) is 30.3 Å². The first-order valence-corrected chi connectivity index (χ1v) is 7.67. The lowest BCUT2D eigenvalue weighted by Gasteiger charge is -2.11. The highest BCUT2D eigenvalue weighted by molar-refractivity contribution is 5.80. The van der Waals surface area contributed by atoms with Crippen LogP contribution < -0.4 is 16.0 Å². The fourth-order valence-electron chi connectivity index (χ4n) is 1.64. The van der Waals surface area contributed by atoms with E-state index in [1.54, 1.807) is 0 Å². The number of anilines is 2. The number of rotatable bonds is 9. The lowest BCUT2D eigenvalue weighted by molar-refractivity contribution is -0.119. The summed E-state index contributed by atoms with van der Waals surface area (Å²) in [7, 11) is 0. The number of hydrogen-bond donors (Lipinski definition) is 3. The first-order chi connectivity index (χ1) is 10.0. The molecule has 1 aromatic rings. The SMILES string of the molecule is CCCNc1cc(NCC(=O)NCC(C)C)nc(CC)n1. The van der Waals surface area contributed by atoms with E-state index in [0.29, 0.717) is 18.3 Å². The van der Waals surface area contributed by atoms with Gasteiger partial charge in [-0.3, -0.25) is 4.79 Å². The molecule has 1 heterocycles. The highest BCUT2D eigenvalue weighted by Gasteiger charge is 2.06. The Morgan fingerprint density at radius 2 is 1.86 bits per heavy atom. The van der Waals surface area contributed by atoms with Gasteiger partial charge < -0.3 is 16.0 Å². The van der Waals surface area contributed by atoms with E-state index in [1.807, 2.05) is 13.0 Å². The van der Waals surface area contributed by atoms with Crippen LogP contribution >= 0.6 is 0 Å². The van der Waals surface area contributed by atoms with Crippen molar-refractivity contribution in [3.05, 3.63) is 11.9 Å². The summed E-state index contributed by atoms with van der Waals surface area (Å²) < 4.78 is 0. The Hall–Kier alpha value is -1.85. The third-order valence-electron chi connectivity index (χ3n) is 2.78. The van der Waals surface area contributed by atoms with E-state index in [1.165, 1.54) is 0 Å². The van der Waals surface area contributed by atoms with Crippen LogP contribution in [0.3, 0.4) is 0 Å². The van der Waals surface area contributed by atoms with E-state index < -0.39 is 0 Å². The van der Waals surface area contributed by atoms with Crippen molar-refractivity contribution in [1.29, 1.82) is 0 Å². The smallest absolute Gasteiger partial charge is 0.239 e. The fraction of sp³-hybridized carbons (Fsp3) is 0.667. The number of aryl methyl sites for hydroxylation is 1. The monoisotopic (exact) mass is 293 g/mol. The molecule has 0 aliphatic rings. The number of carbonyl (C=O) groups excluding carboxylic acids is 1. The third kappa shape index (κ3) is 6.92. The number of hydrogen-bond acceptors (Lipinski definition) is 5. The summed E-state index contributed by atoms with van der Waals surface area (Å²) in [5, 5.41) is 9.17. The minimum Gasteiger partial charge on any atom is -0.370 e. The van der Waals surface area contributed by atoms with Gasteiger partial charge in [0.2, 0.25) is 5.91 Å². The maximum atomic E-state index is 11.7. The van der Waals surface area contributed by atoms with Crippen LogP contribution in [0, 0.1) is 5.92 Å². The second kappa shape index (κ2) is 9.15. The van der Waals surface area contributed by atoms with E-state index in [-0.39, 0.29) is 12.5 Å². The quantitative estimate of drug-likeness (QED) is 0.649. The Bertz CT molecular complexity index is 448. The first kappa shape index (κ1) is 17.2. The minimum absolute atomic E-state index is 0.0246. The van der Waals surface area contributed by atoms with Crippen LogP contribution in [-0.4, -0.2) is 35.5 Å². The van der Waals surface area contributed by atoms with Crippen molar-refractivity contribution in [3.63, 3.8) is 0 Å². The molecule has 0 bridgehead atoms. The van der Waals surface area contributed by atoms with Crippen molar-refractivity contribution in [1.82, 2.24) is 15.3 Å². The molecule has 1 aromatic heterocycles. The van der Waals surface area contributed by atoms with E-state index in [4.69, 9.17) is 0 Å². The summed E-state index contributed by atoms with van der Waals surface area (Å²) in [6, 6.07) is 1.84. The Morgan fingerprint density at radius 3 is 2.43 bits per heavy atom. The van der Waals surface area contributed by atoms with Crippen LogP contribution in [0.1, 0.15) is 39.9 Å². The molecule has 1 rings (SSSR count). The van der Waals surface area contributed by atoms with Crippen LogP contribution in [0.2, 0.25) is 0 Å². The van der Waals surface area contributed by atoms with Gasteiger partial charge >= 0.3 is 0 Å². The van der Waals surface area contributed by atoms with E-state index in [0.717, 1.165) is 31.0 Å². The number of nitrogens with one attached hydrogen (secondary N) is 3. The number of amides is 1. The predicted octanol–water partition coefficient (Wildman–Crippen LogP) is 2.04. The highest BCUT2D eigenvalue weighted by Crippen LogP contribution is 2.11. The average molecular weight is 293 g/mol. The zero-order valence-electron chi connectivity index (χ0n) is 13.5. The van der Waals surface area contributed by atoms with Crippen LogP contribution in [0.25, 0.3) is 0 Å². The molecule has 6 nitrogen and oxygen atoms in total. The summed E-state index contributed by atoms with van der Waals surface area (Å²) in [4.78, 5) is 20.5. The van der Waals surface area contributed by atoms with Crippen LogP contribution in [-0.2, 0) is 11.2 Å². The minimum atomic E-state index is -0.0246. The number of nitrogens with zero attached hydrogens (tertiary/aromatic N) is 2. The molecular formula is C15H27N5O. The molecule has 0 aliphatic heterocycles. The standard InChI is InChI=1S/C15H27N5O/c1-5-7-16-13-8-14(20-12(6-2)19-13)17-10-15(21)18-9-11(3)4/h8,11H,5-7,9-10H2,1-4H3,(H,18,21)(H2,16,17,19,20). The highest BCUT2D eigenvalue weighted by atomic mass is 16.1. The molecular weight excluding hydrogens is 266 g/mol. The molecule has 0 aliphatic carbocycles. The van der Waals surface area contributed by atoms with Gasteiger partial charge in [-0.25, -0.2) is 9.97 Å². The van der Waals surface area contributed by atoms with Crippen LogP contribution in [0.5, 0.6) is 0 Å². The van der Waals surface area contributed by atoms with Gasteiger partial charge in [-0.1, -0.05) is 27.7 Å². The van der Waals surface area contributed by atoms with Crippen molar-refractivity contribution in [2.24, 2.45) is 5.92 Å². The van der Waals surface area contributed by atoms with Crippen molar-refractivity contribution < 1.29 is 4.79 Å². The van der Waals surface area contributed by atoms with Gasteiger partial charge in [-0.05, 0) is 12.3 Å². The third-order valence-corrected chi connectivity index (χ3v) is 2.78. The molecule has 0 radical (unpaired) electrons. The zero-order chi connectivity index (χ0) is 15.7. The lowest BCUT2D eigenvalue weighted by Crippen LogP contribution is -2.32. The van der Waals surface area contributed by atoms with Crippen molar-refractivity contribution in [2.45, 2.75) is 40.5 Å². The molecule has 6 heteroatoms. The maximum Gasteiger partial charge on any atom is 0.239 e. The zero-order valence-corrected chi connectivity index (χ0v) is 13.5. The van der Waals surface area contributed by atoms with Crippen LogP contribution in [0.15, 0.2) is 6.07 Å². The predicted molar refractivity (Wildman–Crippen MR) is 86.5 cm³/mol. The Morgan fingerprint density at radius 1 is 1.19 bits per heavy atom. The second-order valence-corrected chi connectivity index (χ2v) is 5.39. The number of aromatic nitrogens is 2. The molecule has 0 aromatic carbocycles. The molecule has 0 saturated carbocycles. The Labute approximate surface area is 127 Å². The molecule has 1 amide bonds. The molecule has 3 N–H and O–H groups in total. The summed E-state index contributed by atoms with van der Waals surface area (Å²) in [6.07, 6.45) is 1.79. The van der Waals surface area contributed by atoms with Gasteiger partial charge in [0.05, 0.1) is 6.54 Å². The van der Waals surface area contributed by atoms with Gasteiger partial charge in [-0.15, -0.1) is 0 Å². The second-order valence-electron chi connectivity index (χ2n) is 5.39.